The summed E-state index contributed by atoms with van der Waals surface area (Å²) >= 11 is 0. The second-order valence-electron chi connectivity index (χ2n) is 14.5. The summed E-state index contributed by atoms with van der Waals surface area (Å²) in [6.07, 6.45) is -3.25. The van der Waals surface area contributed by atoms with Crippen molar-refractivity contribution in [2.75, 3.05) is 26.4 Å². The zero-order valence-corrected chi connectivity index (χ0v) is 30.3. The molecule has 316 valence electrons. The minimum absolute atomic E-state index is 0.0971. The van der Waals surface area contributed by atoms with Gasteiger partial charge in [0.05, 0.1) is 35.3 Å². The third-order valence-corrected chi connectivity index (χ3v) is 11.3. The van der Waals surface area contributed by atoms with Gasteiger partial charge in [-0.1, -0.05) is 18.6 Å². The molecule has 0 amide bonds. The van der Waals surface area contributed by atoms with Gasteiger partial charge in [0, 0.05) is 23.2 Å². The molecule has 0 heterocycles. The van der Waals surface area contributed by atoms with Gasteiger partial charge in [-0.05, 0) is 57.1 Å². The van der Waals surface area contributed by atoms with Gasteiger partial charge in [0.1, 0.15) is 31.5 Å². The van der Waals surface area contributed by atoms with Crippen molar-refractivity contribution >= 4 is 29.5 Å². The monoisotopic (exact) mass is 810 g/mol. The van der Waals surface area contributed by atoms with E-state index in [4.69, 9.17) is 51.2 Å². The second kappa shape index (κ2) is 18.0. The number of carbonyl (C=O) groups excluding carboxylic acids is 5. The van der Waals surface area contributed by atoms with Crippen LogP contribution >= 0.6 is 0 Å². The average molecular weight is 811 g/mol. The highest BCUT2D eigenvalue weighted by molar-refractivity contribution is 6.01. The third-order valence-electron chi connectivity index (χ3n) is 11.3. The van der Waals surface area contributed by atoms with E-state index in [1.807, 2.05) is 0 Å². The van der Waals surface area contributed by atoms with Gasteiger partial charge in [-0.2, -0.15) is 0 Å². The summed E-state index contributed by atoms with van der Waals surface area (Å²) in [6, 6.07) is -1.74. The first-order valence-electron chi connectivity index (χ1n) is 17.4. The molecule has 0 aromatic rings. The first kappa shape index (κ1) is 45.3. The number of aliphatic hydroxyl groups is 2. The number of fused-ring (bicyclic) bond motifs is 5. The number of hydrogen-bond donors (Lipinski definition) is 9. The van der Waals surface area contributed by atoms with E-state index in [0.29, 0.717) is 5.57 Å². The molecule has 4 aliphatic rings. The van der Waals surface area contributed by atoms with Crippen molar-refractivity contribution in [3.05, 3.63) is 23.8 Å². The van der Waals surface area contributed by atoms with Gasteiger partial charge in [0.25, 0.3) is 0 Å². The Hall–Kier alpha value is -3.44. The quantitative estimate of drug-likeness (QED) is 0.0333. The SMILES string of the molecule is C[C@]12C=CC(=O)C=C1CCC1C3C[C@@H](O)[C@](OC(=O)CCCON(O)O)(C(=O)COC(=O)CC(N)C(=O)OCC(CON(O)O)ON(O)O)[C@@]3(C)C[C@H](O)[C@@]12F. The molecular weight excluding hydrogens is 763 g/mol. The maximum Gasteiger partial charge on any atom is 0.323 e. The number of allylic oxidation sites excluding steroid dienone is 4. The molecule has 0 radical (unpaired) electrons. The maximum atomic E-state index is 17.7. The number of hydrogen-bond acceptors (Lipinski definition) is 23. The minimum atomic E-state index is -2.53. The van der Waals surface area contributed by atoms with Crippen LogP contribution in [0.4, 0.5) is 4.39 Å². The lowest BCUT2D eigenvalue weighted by atomic mass is 9.44. The number of esters is 3. The number of rotatable bonds is 19. The Bertz CT molecular complexity index is 1550. The largest absolute Gasteiger partial charge is 0.462 e. The van der Waals surface area contributed by atoms with Gasteiger partial charge in [-0.15, -0.1) is 0 Å². The summed E-state index contributed by atoms with van der Waals surface area (Å²) < 4.78 is 33.4. The summed E-state index contributed by atoms with van der Waals surface area (Å²) in [5.74, 6) is -7.02. The molecule has 0 bridgehead atoms. The predicted molar refractivity (Wildman–Crippen MR) is 170 cm³/mol. The Kier molecular flexibility index (Phi) is 14.6. The first-order valence-corrected chi connectivity index (χ1v) is 17.4. The second-order valence-corrected chi connectivity index (χ2v) is 14.5. The first-order chi connectivity index (χ1) is 26.1. The Morgan fingerprint density at radius 1 is 0.946 bits per heavy atom. The van der Waals surface area contributed by atoms with Crippen molar-refractivity contribution in [3.8, 4) is 0 Å². The number of nitrogens with zero attached hydrogens (tertiary/aromatic N) is 3. The van der Waals surface area contributed by atoms with Crippen LogP contribution in [0.2, 0.25) is 0 Å². The Balaban J connectivity index is 1.53. The fourth-order valence-electron chi connectivity index (χ4n) is 8.80. The van der Waals surface area contributed by atoms with Gasteiger partial charge >= 0.3 is 17.9 Å². The third kappa shape index (κ3) is 8.99. The fourth-order valence-corrected chi connectivity index (χ4v) is 8.80. The Morgan fingerprint density at radius 3 is 2.27 bits per heavy atom. The van der Waals surface area contributed by atoms with E-state index < -0.39 is 144 Å². The van der Waals surface area contributed by atoms with Crippen LogP contribution in [0, 0.1) is 22.7 Å². The molecule has 4 aliphatic carbocycles. The lowest BCUT2D eigenvalue weighted by molar-refractivity contribution is -0.527. The zero-order valence-electron chi connectivity index (χ0n) is 30.3. The van der Waals surface area contributed by atoms with Crippen molar-refractivity contribution in [1.29, 1.82) is 0 Å². The summed E-state index contributed by atoms with van der Waals surface area (Å²) in [7, 11) is 0. The van der Waals surface area contributed by atoms with Crippen molar-refractivity contribution < 1.29 is 98.5 Å². The van der Waals surface area contributed by atoms with E-state index in [9.17, 15) is 34.2 Å². The normalized spacial score (nSPS) is 33.3. The van der Waals surface area contributed by atoms with Crippen LogP contribution in [0.15, 0.2) is 23.8 Å². The summed E-state index contributed by atoms with van der Waals surface area (Å²) in [4.78, 5) is 78.1. The molecule has 10 atom stereocenters. The van der Waals surface area contributed by atoms with E-state index >= 15 is 4.39 Å². The number of aliphatic hydroxyl groups excluding tert-OH is 2. The predicted octanol–water partition coefficient (Wildman–Crippen LogP) is -0.832. The Labute approximate surface area is 317 Å². The molecule has 0 saturated heterocycles. The van der Waals surface area contributed by atoms with Crippen LogP contribution in [-0.4, -0.2) is 149 Å². The average Bonchev–Trinajstić information content (AvgIpc) is 3.32. The van der Waals surface area contributed by atoms with Gasteiger partial charge in [-0.3, -0.25) is 60.1 Å². The highest BCUT2D eigenvalue weighted by atomic mass is 19.1. The lowest BCUT2D eigenvalue weighted by Crippen LogP contribution is -2.70. The van der Waals surface area contributed by atoms with Crippen LogP contribution in [-0.2, 0) is 52.7 Å². The van der Waals surface area contributed by atoms with Crippen LogP contribution in [0.3, 0.4) is 0 Å². The number of ketones is 2. The van der Waals surface area contributed by atoms with Gasteiger partial charge in [-0.25, -0.2) is 14.1 Å². The standard InChI is InChI=1S/C32H47FN4O19/c1-29-8-7-18(38)10-17(29)5-6-20-21-11-23(39)32(30(21,2)13-24(40)31(20,29)33,55-26(42)4-3-9-53-35(45)46)25(41)16-51-27(43)12-22(34)28(44)52-14-19(56-37(49)50)15-54-36(47)48/h7-8,10,19-24,39-40,45-50H,3-6,9,11-16,34H2,1-2H3/t19?,20?,21?,22?,23-,24+,29+,30+,31+,32+/m1/s1. The van der Waals surface area contributed by atoms with Crippen LogP contribution in [0.25, 0.3) is 0 Å². The van der Waals surface area contributed by atoms with E-state index in [2.05, 4.69) is 14.5 Å². The molecule has 56 heavy (non-hydrogen) atoms. The zero-order chi connectivity index (χ0) is 41.8. The van der Waals surface area contributed by atoms with E-state index in [-0.39, 0.29) is 31.5 Å². The molecule has 3 fully saturated rings. The van der Waals surface area contributed by atoms with Crippen LogP contribution in [0.5, 0.6) is 0 Å². The minimum Gasteiger partial charge on any atom is -0.462 e. The van der Waals surface area contributed by atoms with Gasteiger partial charge < -0.3 is 30.2 Å². The summed E-state index contributed by atoms with van der Waals surface area (Å²) in [5.41, 5.74) is -1.81. The number of ether oxygens (including phenoxy) is 3. The van der Waals surface area contributed by atoms with Crippen LogP contribution < -0.4 is 5.73 Å². The highest BCUT2D eigenvalue weighted by Crippen LogP contribution is 2.70. The molecule has 4 rings (SSSR count). The Morgan fingerprint density at radius 2 is 1.62 bits per heavy atom. The summed E-state index contributed by atoms with van der Waals surface area (Å²) in [5, 5.41) is 73.9. The van der Waals surface area contributed by atoms with Crippen molar-refractivity contribution in [2.45, 2.75) is 94.4 Å². The van der Waals surface area contributed by atoms with E-state index in [1.165, 1.54) is 25.2 Å². The number of carbonyl (C=O) groups is 5. The van der Waals surface area contributed by atoms with Crippen LogP contribution in [0.1, 0.15) is 58.8 Å². The smallest absolute Gasteiger partial charge is 0.323 e. The molecular formula is C32H47FN4O19. The number of Topliss-reactive ketones (excluding diaryl/α,β-unsaturated/α-hetero) is 1. The fraction of sp³-hybridized carbons (Fsp3) is 0.719. The molecule has 23 nitrogen and oxygen atoms in total. The molecule has 0 spiro atoms. The van der Waals surface area contributed by atoms with Gasteiger partial charge in [0.2, 0.25) is 11.4 Å². The molecule has 10 N–H and O–H groups in total. The number of nitrogens with two attached hydrogens (primary N) is 1. The van der Waals surface area contributed by atoms with Crippen molar-refractivity contribution in [3.63, 3.8) is 0 Å². The highest BCUT2D eigenvalue weighted by Gasteiger charge is 2.78. The molecule has 0 aromatic heterocycles. The molecule has 0 aromatic carbocycles. The summed E-state index contributed by atoms with van der Waals surface area (Å²) in [6.45, 7) is -0.160. The lowest BCUT2D eigenvalue weighted by Gasteiger charge is -2.62. The number of alkyl halides is 1. The molecule has 24 heteroatoms. The maximum absolute atomic E-state index is 17.7. The molecule has 3 saturated carbocycles. The molecule has 4 unspecified atom stereocenters. The van der Waals surface area contributed by atoms with Crippen molar-refractivity contribution in [2.24, 2.45) is 28.4 Å². The van der Waals surface area contributed by atoms with Crippen molar-refractivity contribution in [1.82, 2.24) is 16.2 Å². The topological polar surface area (TPSA) is 338 Å². The number of halogens is 1. The molecule has 0 aliphatic heterocycles. The van der Waals surface area contributed by atoms with E-state index in [1.54, 1.807) is 6.92 Å². The van der Waals surface area contributed by atoms with E-state index in [0.717, 1.165) is 0 Å². The van der Waals surface area contributed by atoms with Gasteiger partial charge in [0.15, 0.2) is 18.1 Å².